The molecule has 390 valence electrons. The summed E-state index contributed by atoms with van der Waals surface area (Å²) in [5.74, 6) is -3.03. The minimum atomic E-state index is -1.57. The van der Waals surface area contributed by atoms with Gasteiger partial charge >= 0.3 is 23.9 Å². The maximum atomic E-state index is 14.3. The molecule has 4 fully saturated rings. The number of esters is 4. The monoisotopic (exact) mass is 1010 g/mol. The van der Waals surface area contributed by atoms with Gasteiger partial charge in [-0.15, -0.1) is 0 Å². The van der Waals surface area contributed by atoms with Gasteiger partial charge in [-0.25, -0.2) is 19.2 Å². The van der Waals surface area contributed by atoms with Gasteiger partial charge in [-0.2, -0.15) is 0 Å². The van der Waals surface area contributed by atoms with Crippen LogP contribution in [0.5, 0.6) is 0 Å². The summed E-state index contributed by atoms with van der Waals surface area (Å²) in [5, 5.41) is 10.5. The van der Waals surface area contributed by atoms with Crippen molar-refractivity contribution >= 4 is 35.4 Å². The lowest BCUT2D eigenvalue weighted by molar-refractivity contribution is -0.300. The molecule has 0 amide bonds. The topological polar surface area (TPSA) is 178 Å². The predicted molar refractivity (Wildman–Crippen MR) is 272 cm³/mol. The summed E-state index contributed by atoms with van der Waals surface area (Å²) >= 11 is 0. The molecule has 0 radical (unpaired) electrons. The lowest BCUT2D eigenvalue weighted by Crippen LogP contribution is -2.63. The number of carbonyl (C=O) groups is 6. The molecule has 1 N–H and O–H groups in total. The molecule has 0 aromatic heterocycles. The zero-order valence-electron chi connectivity index (χ0n) is 42.7. The van der Waals surface area contributed by atoms with Crippen LogP contribution >= 0.6 is 0 Å². The molecule has 14 atom stereocenters. The van der Waals surface area contributed by atoms with E-state index in [0.717, 1.165) is 38.5 Å². The van der Waals surface area contributed by atoms with Crippen molar-refractivity contribution in [3.8, 4) is 0 Å². The lowest BCUT2D eigenvalue weighted by Gasteiger charge is -2.58. The second-order valence-electron chi connectivity index (χ2n) is 21.8. The van der Waals surface area contributed by atoms with Gasteiger partial charge in [0.15, 0.2) is 24.6 Å². The Kier molecular flexibility index (Phi) is 16.1. The third-order valence-corrected chi connectivity index (χ3v) is 17.2. The van der Waals surface area contributed by atoms with Gasteiger partial charge in [-0.1, -0.05) is 112 Å². The standard InChI is InChI=1S/C61H68O13/c1-37(25-28-48(63)38(2)51-49(64)34-47-45-27-26-43-33-44(62)29-31-60(43,3)46(45)30-32-61(47,51)4)35-70-59-54(74-58(68)42-23-15-8-16-24-42)53(73-57(67)41-21-13-7-14-22-41)52(72-56(66)40-19-11-6-12-20-40)50(71-59)36-69-55(65)39-17-9-5-10-18-39/h5-24,26,37-38,44-47,50-54,59,62H,25,27-36H2,1-4H3/t37-,38-,44+,45-,46+,47+,50-,51+,52-,53+,54-,59+,60+,61+/m1/s1. The minimum absolute atomic E-state index is 0.0121. The van der Waals surface area contributed by atoms with Crippen LogP contribution in [0.15, 0.2) is 133 Å². The number of carbonyl (C=O) groups excluding carboxylic acids is 6. The van der Waals surface area contributed by atoms with Crippen LogP contribution < -0.4 is 0 Å². The van der Waals surface area contributed by atoms with E-state index in [1.807, 2.05) is 13.8 Å². The van der Waals surface area contributed by atoms with Crippen LogP contribution in [0.3, 0.4) is 0 Å². The molecule has 4 aliphatic carbocycles. The van der Waals surface area contributed by atoms with Crippen molar-refractivity contribution in [2.24, 2.45) is 46.3 Å². The van der Waals surface area contributed by atoms with E-state index in [-0.39, 0.29) is 81.5 Å². The molecule has 0 spiro atoms. The Labute approximate surface area is 433 Å². The fraction of sp³-hybridized carbons (Fsp3) is 0.475. The Morgan fingerprint density at radius 3 is 1.76 bits per heavy atom. The number of aliphatic hydroxyl groups is 1. The summed E-state index contributed by atoms with van der Waals surface area (Å²) in [5.41, 5.74) is 1.89. The average molecular weight is 1010 g/mol. The third-order valence-electron chi connectivity index (χ3n) is 17.2. The van der Waals surface area contributed by atoms with Crippen molar-refractivity contribution in [3.63, 3.8) is 0 Å². The molecule has 0 bridgehead atoms. The molecule has 3 saturated carbocycles. The molecule has 13 heteroatoms. The lowest BCUT2D eigenvalue weighted by atomic mass is 9.47. The van der Waals surface area contributed by atoms with Gasteiger partial charge in [0, 0.05) is 24.7 Å². The molecule has 5 aliphatic rings. The van der Waals surface area contributed by atoms with E-state index >= 15 is 0 Å². The number of ketones is 2. The SMILES string of the molecule is C[C@H](CCC(=O)[C@@H](C)[C@H]1C(=O)C[C@H]2[C@@H]3CC=C4C[C@@H](O)CC[C@]4(C)[C@H]3CC[C@]12C)CO[C@H]1O[C@H](COC(=O)c2ccccc2)[C@@H](OC(=O)c2ccccc2)[C@H](OC(=O)c2ccccc2)[C@H]1OC(=O)c1ccccc1. The van der Waals surface area contributed by atoms with Gasteiger partial charge in [0.2, 0.25) is 0 Å². The Balaban J connectivity index is 0.941. The molecular formula is C61H68O13. The second kappa shape index (κ2) is 22.7. The van der Waals surface area contributed by atoms with E-state index in [2.05, 4.69) is 19.9 Å². The maximum absolute atomic E-state index is 14.3. The van der Waals surface area contributed by atoms with Crippen molar-refractivity contribution in [2.75, 3.05) is 13.2 Å². The predicted octanol–water partition coefficient (Wildman–Crippen LogP) is 10.0. The highest BCUT2D eigenvalue weighted by Gasteiger charge is 2.62. The Morgan fingerprint density at radius 2 is 1.19 bits per heavy atom. The Hall–Kier alpha value is -6.28. The second-order valence-corrected chi connectivity index (χ2v) is 21.8. The Bertz CT molecular complexity index is 2670. The first-order valence-corrected chi connectivity index (χ1v) is 26.3. The highest BCUT2D eigenvalue weighted by Crippen LogP contribution is 2.66. The molecule has 4 aromatic rings. The Morgan fingerprint density at radius 1 is 0.662 bits per heavy atom. The molecule has 13 nitrogen and oxygen atoms in total. The number of ether oxygens (including phenoxy) is 6. The average Bonchev–Trinajstić information content (AvgIpc) is 3.70. The molecule has 0 unspecified atom stereocenters. The quantitative estimate of drug-likeness (QED) is 0.0601. The van der Waals surface area contributed by atoms with Crippen LogP contribution in [0.4, 0.5) is 0 Å². The van der Waals surface area contributed by atoms with Gasteiger partial charge in [0.25, 0.3) is 0 Å². The highest BCUT2D eigenvalue weighted by molar-refractivity contribution is 5.93. The van der Waals surface area contributed by atoms with Crippen LogP contribution in [-0.4, -0.2) is 90.6 Å². The first kappa shape index (κ1) is 52.6. The molecule has 1 saturated heterocycles. The number of hydrogen-bond donors (Lipinski definition) is 1. The number of benzene rings is 4. The number of aliphatic hydroxyl groups excluding tert-OH is 1. The first-order valence-electron chi connectivity index (χ1n) is 26.3. The van der Waals surface area contributed by atoms with Crippen LogP contribution in [0.25, 0.3) is 0 Å². The van der Waals surface area contributed by atoms with Crippen LogP contribution in [0, 0.1) is 46.3 Å². The summed E-state index contributed by atoms with van der Waals surface area (Å²) in [6.07, 6.45) is 1.01. The van der Waals surface area contributed by atoms with E-state index in [0.29, 0.717) is 24.7 Å². The van der Waals surface area contributed by atoms with Gasteiger partial charge in [-0.3, -0.25) is 9.59 Å². The highest BCUT2D eigenvalue weighted by atomic mass is 16.7. The molecule has 1 heterocycles. The van der Waals surface area contributed by atoms with Crippen molar-refractivity contribution in [1.82, 2.24) is 0 Å². The smallest absolute Gasteiger partial charge is 0.338 e. The van der Waals surface area contributed by atoms with Crippen LogP contribution in [0.1, 0.15) is 127 Å². The van der Waals surface area contributed by atoms with E-state index in [4.69, 9.17) is 28.4 Å². The third kappa shape index (κ3) is 11.1. The summed E-state index contributed by atoms with van der Waals surface area (Å²) < 4.78 is 37.4. The zero-order valence-corrected chi connectivity index (χ0v) is 42.7. The summed E-state index contributed by atoms with van der Waals surface area (Å²) in [7, 11) is 0. The van der Waals surface area contributed by atoms with Crippen LogP contribution in [0.2, 0.25) is 0 Å². The van der Waals surface area contributed by atoms with Crippen molar-refractivity contribution in [1.29, 1.82) is 0 Å². The van der Waals surface area contributed by atoms with Crippen molar-refractivity contribution in [2.45, 2.75) is 122 Å². The number of rotatable bonds is 17. The molecule has 4 aromatic carbocycles. The number of fused-ring (bicyclic) bond motifs is 5. The summed E-state index contributed by atoms with van der Waals surface area (Å²) in [6, 6.07) is 32.8. The van der Waals surface area contributed by atoms with Gasteiger partial charge in [0.1, 0.15) is 24.3 Å². The fourth-order valence-electron chi connectivity index (χ4n) is 13.1. The molecular weight excluding hydrogens is 941 g/mol. The zero-order chi connectivity index (χ0) is 52.1. The van der Waals surface area contributed by atoms with E-state index in [1.165, 1.54) is 5.57 Å². The fourth-order valence-corrected chi connectivity index (χ4v) is 13.1. The number of hydrogen-bond acceptors (Lipinski definition) is 13. The molecule has 1 aliphatic heterocycles. The van der Waals surface area contributed by atoms with E-state index < -0.39 is 67.1 Å². The van der Waals surface area contributed by atoms with Crippen molar-refractivity contribution < 1.29 is 62.3 Å². The summed E-state index contributed by atoms with van der Waals surface area (Å²) in [4.78, 5) is 83.8. The molecule has 74 heavy (non-hydrogen) atoms. The van der Waals surface area contributed by atoms with Gasteiger partial charge in [0.05, 0.1) is 35.0 Å². The van der Waals surface area contributed by atoms with Gasteiger partial charge in [-0.05, 0) is 128 Å². The van der Waals surface area contributed by atoms with E-state index in [9.17, 15) is 33.9 Å². The van der Waals surface area contributed by atoms with E-state index in [1.54, 1.807) is 121 Å². The minimum Gasteiger partial charge on any atom is -0.459 e. The normalized spacial score (nSPS) is 31.0. The maximum Gasteiger partial charge on any atom is 0.338 e. The molecule has 9 rings (SSSR count). The number of allylic oxidation sites excluding steroid dienone is 1. The van der Waals surface area contributed by atoms with Gasteiger partial charge < -0.3 is 33.5 Å². The number of Topliss-reactive ketones (excluding diaryl/α,β-unsaturated/α-hetero) is 2. The first-order chi connectivity index (χ1) is 35.6. The summed E-state index contributed by atoms with van der Waals surface area (Å²) in [6.45, 7) is 7.93. The van der Waals surface area contributed by atoms with Crippen molar-refractivity contribution in [3.05, 3.63) is 155 Å². The van der Waals surface area contributed by atoms with Crippen LogP contribution in [-0.2, 0) is 38.0 Å². The largest absolute Gasteiger partial charge is 0.459 e.